The lowest BCUT2D eigenvalue weighted by molar-refractivity contribution is -0.114. The van der Waals surface area contributed by atoms with Gasteiger partial charge in [0, 0.05) is 18.3 Å². The third-order valence-corrected chi connectivity index (χ3v) is 3.07. The zero-order valence-corrected chi connectivity index (χ0v) is 10.8. The van der Waals surface area contributed by atoms with Crippen LogP contribution in [0.4, 0.5) is 16.5 Å². The molecule has 0 unspecified atom stereocenters. The Labute approximate surface area is 113 Å². The van der Waals surface area contributed by atoms with Gasteiger partial charge in [0.2, 0.25) is 5.91 Å². The molecule has 0 bridgehead atoms. The number of hydrogen-bond acceptors (Lipinski definition) is 5. The summed E-state index contributed by atoms with van der Waals surface area (Å²) in [6.07, 6.45) is 1.31. The topological polar surface area (TPSA) is 91.3 Å². The van der Waals surface area contributed by atoms with E-state index in [0.717, 1.165) is 17.0 Å². The van der Waals surface area contributed by atoms with Crippen molar-refractivity contribution >= 4 is 39.7 Å². The van der Waals surface area contributed by atoms with Crippen molar-refractivity contribution < 1.29 is 14.7 Å². The molecule has 6 nitrogen and oxygen atoms in total. The summed E-state index contributed by atoms with van der Waals surface area (Å²) in [6.45, 7) is 1.44. The second kappa shape index (κ2) is 5.49. The summed E-state index contributed by atoms with van der Waals surface area (Å²) < 4.78 is 0. The molecule has 1 heterocycles. The molecule has 0 spiro atoms. The van der Waals surface area contributed by atoms with Gasteiger partial charge in [-0.2, -0.15) is 0 Å². The Kier molecular flexibility index (Phi) is 3.76. The first-order valence-electron chi connectivity index (χ1n) is 5.38. The molecule has 0 aliphatic rings. The third-order valence-electron chi connectivity index (χ3n) is 2.17. The molecule has 1 amide bonds. The van der Waals surface area contributed by atoms with Crippen LogP contribution in [0.1, 0.15) is 16.6 Å². The molecule has 1 aromatic carbocycles. The summed E-state index contributed by atoms with van der Waals surface area (Å²) in [7, 11) is 0. The highest BCUT2D eigenvalue weighted by molar-refractivity contribution is 7.17. The maximum Gasteiger partial charge on any atom is 0.347 e. The zero-order valence-electron chi connectivity index (χ0n) is 10.0. The predicted octanol–water partition coefficient (Wildman–Crippen LogP) is 2.54. The molecule has 7 heteroatoms. The normalized spacial score (nSPS) is 9.95. The SMILES string of the molecule is CC(=O)Nc1ccc(Nc2ncc(C(=O)O)s2)cc1. The highest BCUT2D eigenvalue weighted by Gasteiger charge is 2.08. The van der Waals surface area contributed by atoms with E-state index in [1.165, 1.54) is 13.1 Å². The van der Waals surface area contributed by atoms with Crippen molar-refractivity contribution in [3.8, 4) is 0 Å². The number of rotatable bonds is 4. The Hall–Kier alpha value is -2.41. The molecule has 19 heavy (non-hydrogen) atoms. The fraction of sp³-hybridized carbons (Fsp3) is 0.0833. The van der Waals surface area contributed by atoms with Gasteiger partial charge in [-0.15, -0.1) is 0 Å². The molecule has 0 saturated carbocycles. The van der Waals surface area contributed by atoms with Crippen LogP contribution in [0.25, 0.3) is 0 Å². The number of anilines is 3. The molecule has 1 aromatic heterocycles. The van der Waals surface area contributed by atoms with E-state index in [1.807, 2.05) is 0 Å². The average Bonchev–Trinajstić information content (AvgIpc) is 2.80. The number of carboxylic acid groups (broad SMARTS) is 1. The largest absolute Gasteiger partial charge is 0.477 e. The predicted molar refractivity (Wildman–Crippen MR) is 73.1 cm³/mol. The van der Waals surface area contributed by atoms with Crippen molar-refractivity contribution in [3.05, 3.63) is 35.3 Å². The fourth-order valence-corrected chi connectivity index (χ4v) is 2.07. The number of amides is 1. The first-order chi connectivity index (χ1) is 9.04. The summed E-state index contributed by atoms with van der Waals surface area (Å²) in [5.74, 6) is -1.13. The van der Waals surface area contributed by atoms with Gasteiger partial charge in [-0.3, -0.25) is 4.79 Å². The first kappa shape index (κ1) is 13.0. The Morgan fingerprint density at radius 3 is 2.37 bits per heavy atom. The van der Waals surface area contributed by atoms with Gasteiger partial charge in [0.15, 0.2) is 5.13 Å². The van der Waals surface area contributed by atoms with Gasteiger partial charge in [-0.25, -0.2) is 9.78 Å². The van der Waals surface area contributed by atoms with Crippen molar-refractivity contribution in [1.82, 2.24) is 4.98 Å². The fourth-order valence-electron chi connectivity index (χ4n) is 1.39. The first-order valence-corrected chi connectivity index (χ1v) is 6.20. The zero-order chi connectivity index (χ0) is 13.8. The number of aromatic nitrogens is 1. The van der Waals surface area contributed by atoms with Crippen LogP contribution in [0, 0.1) is 0 Å². The minimum Gasteiger partial charge on any atom is -0.477 e. The number of aromatic carboxylic acids is 1. The number of carboxylic acids is 1. The standard InChI is InChI=1S/C12H11N3O3S/c1-7(16)14-8-2-4-9(5-3-8)15-12-13-6-10(19-12)11(17)18/h2-6H,1H3,(H,13,15)(H,14,16)(H,17,18). The van der Waals surface area contributed by atoms with E-state index < -0.39 is 5.97 Å². The lowest BCUT2D eigenvalue weighted by atomic mass is 10.3. The average molecular weight is 277 g/mol. The van der Waals surface area contributed by atoms with Crippen molar-refractivity contribution in [2.24, 2.45) is 0 Å². The Balaban J connectivity index is 2.06. The van der Waals surface area contributed by atoms with Crippen LogP contribution in [-0.2, 0) is 4.79 Å². The van der Waals surface area contributed by atoms with E-state index in [2.05, 4.69) is 15.6 Å². The summed E-state index contributed by atoms with van der Waals surface area (Å²) >= 11 is 1.06. The minimum atomic E-state index is -0.994. The van der Waals surface area contributed by atoms with Gasteiger partial charge in [0.25, 0.3) is 0 Å². The van der Waals surface area contributed by atoms with E-state index in [-0.39, 0.29) is 10.8 Å². The van der Waals surface area contributed by atoms with Gasteiger partial charge < -0.3 is 15.7 Å². The molecule has 0 radical (unpaired) electrons. The van der Waals surface area contributed by atoms with Crippen LogP contribution in [-0.4, -0.2) is 22.0 Å². The van der Waals surface area contributed by atoms with Crippen molar-refractivity contribution in [2.45, 2.75) is 6.92 Å². The van der Waals surface area contributed by atoms with Crippen LogP contribution in [0.2, 0.25) is 0 Å². The Morgan fingerprint density at radius 2 is 1.84 bits per heavy atom. The molecule has 2 rings (SSSR count). The van der Waals surface area contributed by atoms with Gasteiger partial charge in [-0.05, 0) is 24.3 Å². The van der Waals surface area contributed by atoms with Crippen molar-refractivity contribution in [1.29, 1.82) is 0 Å². The lowest BCUT2D eigenvalue weighted by Crippen LogP contribution is -2.05. The van der Waals surface area contributed by atoms with E-state index in [9.17, 15) is 9.59 Å². The number of benzene rings is 1. The van der Waals surface area contributed by atoms with E-state index in [1.54, 1.807) is 24.3 Å². The smallest absolute Gasteiger partial charge is 0.347 e. The molecule has 0 saturated heterocycles. The Bertz CT molecular complexity index is 607. The molecule has 0 fully saturated rings. The van der Waals surface area contributed by atoms with E-state index >= 15 is 0 Å². The molecule has 2 aromatic rings. The highest BCUT2D eigenvalue weighted by atomic mass is 32.1. The summed E-state index contributed by atoms with van der Waals surface area (Å²) in [5, 5.41) is 14.9. The highest BCUT2D eigenvalue weighted by Crippen LogP contribution is 2.23. The van der Waals surface area contributed by atoms with Gasteiger partial charge >= 0.3 is 5.97 Å². The van der Waals surface area contributed by atoms with E-state index in [0.29, 0.717) is 10.8 Å². The van der Waals surface area contributed by atoms with Gasteiger partial charge in [0.1, 0.15) is 4.88 Å². The van der Waals surface area contributed by atoms with Crippen molar-refractivity contribution in [3.63, 3.8) is 0 Å². The second-order valence-electron chi connectivity index (χ2n) is 3.72. The summed E-state index contributed by atoms with van der Waals surface area (Å²) in [6, 6.07) is 7.03. The number of carbonyl (C=O) groups excluding carboxylic acids is 1. The summed E-state index contributed by atoms with van der Waals surface area (Å²) in [5.41, 5.74) is 1.46. The molecule has 0 aliphatic heterocycles. The molecular formula is C12H11N3O3S. The maximum atomic E-state index is 10.9. The second-order valence-corrected chi connectivity index (χ2v) is 4.75. The number of thiazole rings is 1. The number of nitrogens with zero attached hydrogens (tertiary/aromatic N) is 1. The minimum absolute atomic E-state index is 0.133. The molecule has 3 N–H and O–H groups in total. The molecular weight excluding hydrogens is 266 g/mol. The van der Waals surface area contributed by atoms with Gasteiger partial charge in [-0.1, -0.05) is 11.3 Å². The van der Waals surface area contributed by atoms with Crippen LogP contribution in [0.15, 0.2) is 30.5 Å². The van der Waals surface area contributed by atoms with Crippen LogP contribution in [0.3, 0.4) is 0 Å². The Morgan fingerprint density at radius 1 is 1.21 bits per heavy atom. The monoisotopic (exact) mass is 277 g/mol. The summed E-state index contributed by atoms with van der Waals surface area (Å²) in [4.78, 5) is 25.7. The quantitative estimate of drug-likeness (QED) is 0.798. The maximum absolute atomic E-state index is 10.9. The molecule has 0 atom stereocenters. The lowest BCUT2D eigenvalue weighted by Gasteiger charge is -2.05. The van der Waals surface area contributed by atoms with E-state index in [4.69, 9.17) is 5.11 Å². The van der Waals surface area contributed by atoms with Crippen LogP contribution >= 0.6 is 11.3 Å². The molecule has 0 aliphatic carbocycles. The van der Waals surface area contributed by atoms with Crippen LogP contribution in [0.5, 0.6) is 0 Å². The van der Waals surface area contributed by atoms with Crippen LogP contribution < -0.4 is 10.6 Å². The van der Waals surface area contributed by atoms with Gasteiger partial charge in [0.05, 0.1) is 6.20 Å². The number of carbonyl (C=O) groups is 2. The number of nitrogens with one attached hydrogen (secondary N) is 2. The van der Waals surface area contributed by atoms with Crippen molar-refractivity contribution in [2.75, 3.05) is 10.6 Å². The molecule has 98 valence electrons. The number of hydrogen-bond donors (Lipinski definition) is 3. The third kappa shape index (κ3) is 3.52.